The minimum Gasteiger partial charge on any atom is -0.506 e. The number of pyridine rings is 2. The number of hydrogen-bond acceptors (Lipinski definition) is 6. The molecule has 7 rings (SSSR count). The van der Waals surface area contributed by atoms with E-state index in [-0.39, 0.29) is 11.6 Å². The first-order chi connectivity index (χ1) is 19.6. The van der Waals surface area contributed by atoms with Crippen LogP contribution in [0.25, 0.3) is 55.6 Å². The van der Waals surface area contributed by atoms with Gasteiger partial charge in [0, 0.05) is 52.4 Å². The van der Waals surface area contributed by atoms with Gasteiger partial charge in [0.15, 0.2) is 5.65 Å². The van der Waals surface area contributed by atoms with Gasteiger partial charge in [0.2, 0.25) is 0 Å². The van der Waals surface area contributed by atoms with E-state index in [1.54, 1.807) is 18.5 Å². The Morgan fingerprint density at radius 3 is 2.67 bits per heavy atom. The summed E-state index contributed by atoms with van der Waals surface area (Å²) in [5, 5.41) is 19.2. The minimum absolute atomic E-state index is 0.0886. The van der Waals surface area contributed by atoms with E-state index in [0.29, 0.717) is 23.7 Å². The summed E-state index contributed by atoms with van der Waals surface area (Å²) in [6, 6.07) is 16.5. The average Bonchev–Trinajstić information content (AvgIpc) is 3.72. The first-order valence-corrected chi connectivity index (χ1v) is 13.4. The summed E-state index contributed by atoms with van der Waals surface area (Å²) in [7, 11) is 0. The largest absolute Gasteiger partial charge is 0.506 e. The van der Waals surface area contributed by atoms with E-state index in [1.807, 2.05) is 36.4 Å². The average molecular weight is 535 g/mol. The Morgan fingerprint density at radius 2 is 1.80 bits per heavy atom. The normalized spacial score (nSPS) is 13.9. The van der Waals surface area contributed by atoms with Crippen molar-refractivity contribution in [2.45, 2.75) is 12.8 Å². The second-order valence-corrected chi connectivity index (χ2v) is 10.1. The smallest absolute Gasteiger partial charge is 0.155 e. The number of halogens is 1. The van der Waals surface area contributed by atoms with Crippen molar-refractivity contribution in [2.75, 3.05) is 26.2 Å². The fraction of sp³-hybridized carbons (Fsp3) is 0.194. The molecule has 1 aliphatic rings. The molecule has 0 amide bonds. The quantitative estimate of drug-likeness (QED) is 0.227. The summed E-state index contributed by atoms with van der Waals surface area (Å²) in [4.78, 5) is 14.4. The molecule has 0 spiro atoms. The Kier molecular flexibility index (Phi) is 6.13. The molecule has 0 bridgehead atoms. The third kappa shape index (κ3) is 4.65. The minimum atomic E-state index is -0.334. The molecule has 0 unspecified atom stereocenters. The summed E-state index contributed by atoms with van der Waals surface area (Å²) >= 11 is 0. The van der Waals surface area contributed by atoms with Crippen molar-refractivity contribution >= 4 is 21.9 Å². The lowest BCUT2D eigenvalue weighted by atomic mass is 10.0. The number of aromatic amines is 2. The number of aromatic nitrogens is 5. The van der Waals surface area contributed by atoms with Crippen LogP contribution in [0.1, 0.15) is 12.8 Å². The molecule has 0 saturated carbocycles. The third-order valence-corrected chi connectivity index (χ3v) is 7.45. The van der Waals surface area contributed by atoms with E-state index < -0.39 is 0 Å². The molecule has 1 fully saturated rings. The number of likely N-dealkylation sites (tertiary alicyclic amines) is 1. The SMILES string of the molecule is Oc1cncc(-c2cnc3[nH]nc(-c4cc5c(-c6cc(F)cc(OCCN7CCCC7)c6)cccc5[nH]4)c3c2)c1. The number of benzene rings is 2. The summed E-state index contributed by atoms with van der Waals surface area (Å²) < 4.78 is 20.7. The van der Waals surface area contributed by atoms with Crippen LogP contribution in [0.15, 0.2) is 73.2 Å². The Morgan fingerprint density at radius 1 is 0.925 bits per heavy atom. The maximum Gasteiger partial charge on any atom is 0.155 e. The van der Waals surface area contributed by atoms with E-state index in [0.717, 1.165) is 63.9 Å². The summed E-state index contributed by atoms with van der Waals surface area (Å²) in [6.07, 6.45) is 7.25. The van der Waals surface area contributed by atoms with Crippen molar-refractivity contribution in [3.05, 3.63) is 79.0 Å². The van der Waals surface area contributed by atoms with Crippen molar-refractivity contribution in [3.63, 3.8) is 0 Å². The van der Waals surface area contributed by atoms with Gasteiger partial charge < -0.3 is 14.8 Å². The van der Waals surface area contributed by atoms with Crippen molar-refractivity contribution in [2.24, 2.45) is 0 Å². The van der Waals surface area contributed by atoms with Gasteiger partial charge in [0.05, 0.1) is 11.9 Å². The second kappa shape index (κ2) is 10.1. The van der Waals surface area contributed by atoms with Gasteiger partial charge in [-0.3, -0.25) is 15.0 Å². The van der Waals surface area contributed by atoms with Crippen LogP contribution >= 0.6 is 0 Å². The first kappa shape index (κ1) is 24.3. The molecule has 3 N–H and O–H groups in total. The highest BCUT2D eigenvalue weighted by Gasteiger charge is 2.16. The van der Waals surface area contributed by atoms with E-state index >= 15 is 0 Å². The molecule has 5 heterocycles. The van der Waals surface area contributed by atoms with Crippen molar-refractivity contribution in [1.29, 1.82) is 0 Å². The molecule has 0 radical (unpaired) electrons. The fourth-order valence-corrected chi connectivity index (χ4v) is 5.49. The van der Waals surface area contributed by atoms with E-state index in [9.17, 15) is 9.50 Å². The zero-order chi connectivity index (χ0) is 27.1. The molecule has 8 nitrogen and oxygen atoms in total. The molecule has 1 aliphatic heterocycles. The Hall–Kier alpha value is -4.76. The van der Waals surface area contributed by atoms with E-state index in [4.69, 9.17) is 4.74 Å². The number of aromatic hydroxyl groups is 1. The summed E-state index contributed by atoms with van der Waals surface area (Å²) in [6.45, 7) is 3.58. The molecule has 6 aromatic rings. The van der Waals surface area contributed by atoms with Gasteiger partial charge in [-0.2, -0.15) is 5.10 Å². The lowest BCUT2D eigenvalue weighted by Crippen LogP contribution is -2.25. The Bertz CT molecular complexity index is 1840. The highest BCUT2D eigenvalue weighted by molar-refractivity contribution is 6.01. The Labute approximate surface area is 229 Å². The molecule has 2 aromatic carbocycles. The van der Waals surface area contributed by atoms with Crippen LogP contribution in [0.5, 0.6) is 11.5 Å². The van der Waals surface area contributed by atoms with Gasteiger partial charge in [-0.1, -0.05) is 12.1 Å². The summed E-state index contributed by atoms with van der Waals surface area (Å²) in [5.74, 6) is 0.283. The standard InChI is InChI=1S/C31H27FN6O2/c32-22-10-19(12-24(14-22)40-9-8-38-6-1-2-7-38)25-4-3-5-28-26(25)15-29(35-28)30-27-13-21(17-34-31(27)37-36-30)20-11-23(39)18-33-16-20/h3-5,10-18,35,39H,1-2,6-9H2,(H,34,36,37). The molecular formula is C31H27FN6O2. The predicted octanol–water partition coefficient (Wildman–Crippen LogP) is 6.15. The van der Waals surface area contributed by atoms with Crippen LogP contribution < -0.4 is 4.74 Å². The van der Waals surface area contributed by atoms with Crippen molar-refractivity contribution in [3.8, 4) is 45.1 Å². The van der Waals surface area contributed by atoms with Crippen LogP contribution in [0.2, 0.25) is 0 Å². The van der Waals surface area contributed by atoms with Gasteiger partial charge >= 0.3 is 0 Å². The lowest BCUT2D eigenvalue weighted by molar-refractivity contribution is 0.237. The molecule has 0 aliphatic carbocycles. The van der Waals surface area contributed by atoms with E-state index in [2.05, 4.69) is 30.0 Å². The molecule has 40 heavy (non-hydrogen) atoms. The molecule has 1 saturated heterocycles. The molecule has 9 heteroatoms. The number of nitrogens with zero attached hydrogens (tertiary/aromatic N) is 4. The third-order valence-electron chi connectivity index (χ3n) is 7.45. The molecule has 0 atom stereocenters. The van der Waals surface area contributed by atoms with Crippen molar-refractivity contribution < 1.29 is 14.2 Å². The number of hydrogen-bond donors (Lipinski definition) is 3. The van der Waals surface area contributed by atoms with Gasteiger partial charge in [-0.25, -0.2) is 9.37 Å². The highest BCUT2D eigenvalue weighted by Crippen LogP contribution is 2.36. The molecule has 4 aromatic heterocycles. The zero-order valence-electron chi connectivity index (χ0n) is 21.7. The van der Waals surface area contributed by atoms with E-state index in [1.165, 1.54) is 31.2 Å². The summed E-state index contributed by atoms with van der Waals surface area (Å²) in [5.41, 5.74) is 6.28. The fourth-order valence-electron chi connectivity index (χ4n) is 5.49. The molecular weight excluding hydrogens is 507 g/mol. The monoisotopic (exact) mass is 534 g/mol. The predicted molar refractivity (Wildman–Crippen MR) is 153 cm³/mol. The van der Waals surface area contributed by atoms with Gasteiger partial charge in [-0.15, -0.1) is 0 Å². The highest BCUT2D eigenvalue weighted by atomic mass is 19.1. The Balaban J connectivity index is 1.23. The maximum absolute atomic E-state index is 14.7. The number of fused-ring (bicyclic) bond motifs is 2. The van der Waals surface area contributed by atoms with Crippen LogP contribution in [0.3, 0.4) is 0 Å². The van der Waals surface area contributed by atoms with Gasteiger partial charge in [0.25, 0.3) is 0 Å². The van der Waals surface area contributed by atoms with Gasteiger partial charge in [0.1, 0.15) is 29.6 Å². The van der Waals surface area contributed by atoms with Crippen LogP contribution in [-0.2, 0) is 0 Å². The maximum atomic E-state index is 14.7. The molecule has 200 valence electrons. The number of H-pyrrole nitrogens is 2. The number of nitrogens with one attached hydrogen (secondary N) is 2. The van der Waals surface area contributed by atoms with Crippen LogP contribution in [-0.4, -0.2) is 61.4 Å². The van der Waals surface area contributed by atoms with Crippen LogP contribution in [0.4, 0.5) is 4.39 Å². The van der Waals surface area contributed by atoms with Crippen LogP contribution in [0, 0.1) is 5.82 Å². The lowest BCUT2D eigenvalue weighted by Gasteiger charge is -2.15. The first-order valence-electron chi connectivity index (χ1n) is 13.4. The zero-order valence-corrected chi connectivity index (χ0v) is 21.7. The van der Waals surface area contributed by atoms with Crippen molar-refractivity contribution in [1.82, 2.24) is 30.0 Å². The topological polar surface area (TPSA) is 103 Å². The second-order valence-electron chi connectivity index (χ2n) is 10.1. The number of rotatable bonds is 7. The van der Waals surface area contributed by atoms with Gasteiger partial charge in [-0.05, 0) is 73.5 Å². The number of ether oxygens (including phenoxy) is 1.